The van der Waals surface area contributed by atoms with Gasteiger partial charge in [0, 0.05) is 0 Å². The Morgan fingerprint density at radius 3 is 2.05 bits per heavy atom. The number of benzene rings is 2. The second-order valence-corrected chi connectivity index (χ2v) is 4.97. The van der Waals surface area contributed by atoms with Crippen LogP contribution in [0.2, 0.25) is 0 Å². The molecule has 0 aliphatic carbocycles. The van der Waals surface area contributed by atoms with E-state index in [2.05, 4.69) is 68.4 Å². The number of nitriles is 1. The summed E-state index contributed by atoms with van der Waals surface area (Å²) in [7, 11) is 0. The summed E-state index contributed by atoms with van der Waals surface area (Å²) >= 11 is 0. The highest BCUT2D eigenvalue weighted by molar-refractivity contribution is 5.32. The minimum absolute atomic E-state index is 0.0615. The topological polar surface area (TPSA) is 23.8 Å². The van der Waals surface area contributed by atoms with Crippen LogP contribution in [0.3, 0.4) is 0 Å². The van der Waals surface area contributed by atoms with E-state index in [1.807, 2.05) is 0 Å². The van der Waals surface area contributed by atoms with E-state index in [-0.39, 0.29) is 5.92 Å². The molecule has 0 amide bonds. The minimum Gasteiger partial charge on any atom is -0.198 e. The van der Waals surface area contributed by atoms with Crippen molar-refractivity contribution in [2.75, 3.05) is 0 Å². The second-order valence-electron chi connectivity index (χ2n) is 4.97. The lowest BCUT2D eigenvalue weighted by atomic mass is 9.92. The maximum atomic E-state index is 9.37. The van der Waals surface area contributed by atoms with E-state index < -0.39 is 0 Å². The molecule has 1 unspecified atom stereocenters. The third kappa shape index (κ3) is 3.45. The third-order valence-electron chi connectivity index (χ3n) is 3.51. The molecular weight excluding hydrogens is 230 g/mol. The third-order valence-corrected chi connectivity index (χ3v) is 3.51. The maximum absolute atomic E-state index is 9.37. The molecule has 0 aromatic heterocycles. The first-order valence-electron chi connectivity index (χ1n) is 6.77. The van der Waals surface area contributed by atoms with Crippen molar-refractivity contribution >= 4 is 0 Å². The minimum atomic E-state index is -0.0615. The Morgan fingerprint density at radius 1 is 0.947 bits per heavy atom. The zero-order chi connectivity index (χ0) is 13.7. The first-order valence-corrected chi connectivity index (χ1v) is 6.77. The molecule has 2 aromatic carbocycles. The molecule has 19 heavy (non-hydrogen) atoms. The standard InChI is InChI=1S/C18H19N/c1-3-15-8-10-17(11-9-15)18(13-19)12-16-6-4-14(2)5-7-16/h4-11,18H,3,12H2,1-2H3. The largest absolute Gasteiger partial charge is 0.198 e. The molecule has 1 atom stereocenters. The normalized spacial score (nSPS) is 11.8. The van der Waals surface area contributed by atoms with Crippen molar-refractivity contribution in [3.05, 3.63) is 70.8 Å². The number of aryl methyl sites for hydroxylation is 2. The molecular formula is C18H19N. The second kappa shape index (κ2) is 6.20. The summed E-state index contributed by atoms with van der Waals surface area (Å²) in [6.45, 7) is 4.22. The number of hydrogen-bond acceptors (Lipinski definition) is 1. The molecule has 1 nitrogen and oxygen atoms in total. The van der Waals surface area contributed by atoms with E-state index >= 15 is 0 Å². The van der Waals surface area contributed by atoms with Crippen LogP contribution < -0.4 is 0 Å². The van der Waals surface area contributed by atoms with Crippen LogP contribution in [-0.4, -0.2) is 0 Å². The van der Waals surface area contributed by atoms with Crippen LogP contribution in [0.25, 0.3) is 0 Å². The van der Waals surface area contributed by atoms with Crippen molar-refractivity contribution in [2.24, 2.45) is 0 Å². The summed E-state index contributed by atoms with van der Waals surface area (Å²) in [5, 5.41) is 9.37. The highest BCUT2D eigenvalue weighted by atomic mass is 14.3. The lowest BCUT2D eigenvalue weighted by molar-refractivity contribution is 0.847. The van der Waals surface area contributed by atoms with Crippen LogP contribution in [0.5, 0.6) is 0 Å². The maximum Gasteiger partial charge on any atom is 0.0753 e. The highest BCUT2D eigenvalue weighted by Crippen LogP contribution is 2.21. The molecule has 0 N–H and O–H groups in total. The van der Waals surface area contributed by atoms with Crippen LogP contribution in [0, 0.1) is 18.3 Å². The summed E-state index contributed by atoms with van der Waals surface area (Å²) in [6.07, 6.45) is 1.82. The molecule has 0 heterocycles. The molecule has 0 radical (unpaired) electrons. The predicted molar refractivity (Wildman–Crippen MR) is 79.1 cm³/mol. The Labute approximate surface area is 115 Å². The molecule has 0 fully saturated rings. The fourth-order valence-corrected chi connectivity index (χ4v) is 2.18. The molecule has 0 saturated heterocycles. The zero-order valence-electron chi connectivity index (χ0n) is 11.6. The molecule has 0 spiro atoms. The molecule has 1 heteroatoms. The van der Waals surface area contributed by atoms with E-state index in [9.17, 15) is 5.26 Å². The van der Waals surface area contributed by atoms with E-state index in [1.165, 1.54) is 16.7 Å². The number of hydrogen-bond donors (Lipinski definition) is 0. The van der Waals surface area contributed by atoms with Gasteiger partial charge in [-0.05, 0) is 36.5 Å². The Hall–Kier alpha value is -2.07. The van der Waals surface area contributed by atoms with Gasteiger partial charge in [-0.3, -0.25) is 0 Å². The number of rotatable bonds is 4. The Morgan fingerprint density at radius 2 is 1.53 bits per heavy atom. The van der Waals surface area contributed by atoms with E-state index in [4.69, 9.17) is 0 Å². The summed E-state index contributed by atoms with van der Waals surface area (Å²) in [5.41, 5.74) is 4.90. The van der Waals surface area contributed by atoms with Crippen molar-refractivity contribution in [1.29, 1.82) is 5.26 Å². The Balaban J connectivity index is 2.15. The molecule has 0 saturated carbocycles. The SMILES string of the molecule is CCc1ccc(C(C#N)Cc2ccc(C)cc2)cc1. The van der Waals surface area contributed by atoms with Crippen LogP contribution in [0.15, 0.2) is 48.5 Å². The van der Waals surface area contributed by atoms with E-state index in [0.29, 0.717) is 0 Å². The average Bonchev–Trinajstić information content (AvgIpc) is 2.47. The first kappa shape index (κ1) is 13.4. The molecule has 96 valence electrons. The molecule has 0 bridgehead atoms. The van der Waals surface area contributed by atoms with E-state index in [1.54, 1.807) is 0 Å². The van der Waals surface area contributed by atoms with Crippen LogP contribution >= 0.6 is 0 Å². The summed E-state index contributed by atoms with van der Waals surface area (Å²) in [4.78, 5) is 0. The van der Waals surface area contributed by atoms with Crippen molar-refractivity contribution in [1.82, 2.24) is 0 Å². The molecule has 0 aliphatic heterocycles. The predicted octanol–water partition coefficient (Wildman–Crippen LogP) is 4.41. The monoisotopic (exact) mass is 249 g/mol. The van der Waals surface area contributed by atoms with Gasteiger partial charge in [0.25, 0.3) is 0 Å². The Kier molecular flexibility index (Phi) is 4.36. The molecule has 0 aliphatic rings. The van der Waals surface area contributed by atoms with Crippen LogP contribution in [0.1, 0.15) is 35.1 Å². The average molecular weight is 249 g/mol. The van der Waals surface area contributed by atoms with Crippen LogP contribution in [-0.2, 0) is 12.8 Å². The summed E-state index contributed by atoms with van der Waals surface area (Å²) in [6, 6.07) is 19.3. The smallest absolute Gasteiger partial charge is 0.0753 e. The van der Waals surface area contributed by atoms with Gasteiger partial charge in [0.2, 0.25) is 0 Å². The van der Waals surface area contributed by atoms with Gasteiger partial charge >= 0.3 is 0 Å². The lowest BCUT2D eigenvalue weighted by Crippen LogP contribution is -2.00. The fraction of sp³-hybridized carbons (Fsp3) is 0.278. The van der Waals surface area contributed by atoms with Crippen molar-refractivity contribution in [3.63, 3.8) is 0 Å². The van der Waals surface area contributed by atoms with Gasteiger partial charge in [-0.15, -0.1) is 0 Å². The van der Waals surface area contributed by atoms with Crippen molar-refractivity contribution in [3.8, 4) is 6.07 Å². The van der Waals surface area contributed by atoms with Gasteiger partial charge in [0.1, 0.15) is 0 Å². The lowest BCUT2D eigenvalue weighted by Gasteiger charge is -2.10. The fourth-order valence-electron chi connectivity index (χ4n) is 2.18. The Bertz CT molecular complexity index is 558. The summed E-state index contributed by atoms with van der Waals surface area (Å²) in [5.74, 6) is -0.0615. The van der Waals surface area contributed by atoms with Crippen molar-refractivity contribution in [2.45, 2.75) is 32.6 Å². The summed E-state index contributed by atoms with van der Waals surface area (Å²) < 4.78 is 0. The highest BCUT2D eigenvalue weighted by Gasteiger charge is 2.11. The van der Waals surface area contributed by atoms with E-state index in [0.717, 1.165) is 18.4 Å². The van der Waals surface area contributed by atoms with Crippen molar-refractivity contribution < 1.29 is 0 Å². The number of nitrogens with zero attached hydrogens (tertiary/aromatic N) is 1. The van der Waals surface area contributed by atoms with Gasteiger partial charge in [-0.1, -0.05) is 61.0 Å². The van der Waals surface area contributed by atoms with Gasteiger partial charge in [0.15, 0.2) is 0 Å². The van der Waals surface area contributed by atoms with Gasteiger partial charge in [-0.25, -0.2) is 0 Å². The van der Waals surface area contributed by atoms with Gasteiger partial charge in [-0.2, -0.15) is 5.26 Å². The van der Waals surface area contributed by atoms with Gasteiger partial charge < -0.3 is 0 Å². The first-order chi connectivity index (χ1) is 9.22. The zero-order valence-corrected chi connectivity index (χ0v) is 11.6. The van der Waals surface area contributed by atoms with Crippen LogP contribution in [0.4, 0.5) is 0 Å². The molecule has 2 aromatic rings. The molecule has 2 rings (SSSR count). The van der Waals surface area contributed by atoms with Gasteiger partial charge in [0.05, 0.1) is 12.0 Å². The quantitative estimate of drug-likeness (QED) is 0.787.